The number of imidazole rings is 1. The molecule has 1 unspecified atom stereocenters. The van der Waals surface area contributed by atoms with Gasteiger partial charge in [-0.25, -0.2) is 4.98 Å². The van der Waals surface area contributed by atoms with Crippen molar-refractivity contribution < 1.29 is 9.53 Å². The second kappa shape index (κ2) is 7.32. The van der Waals surface area contributed by atoms with Crippen LogP contribution in [0.5, 0.6) is 0 Å². The summed E-state index contributed by atoms with van der Waals surface area (Å²) in [5.41, 5.74) is 3.58. The van der Waals surface area contributed by atoms with Gasteiger partial charge in [-0.3, -0.25) is 9.69 Å². The molecule has 1 aliphatic heterocycles. The highest BCUT2D eigenvalue weighted by Crippen LogP contribution is 2.19. The fourth-order valence-electron chi connectivity index (χ4n) is 3.16. The highest BCUT2D eigenvalue weighted by molar-refractivity contribution is 5.98. The van der Waals surface area contributed by atoms with Crippen molar-refractivity contribution in [3.05, 3.63) is 29.1 Å². The lowest BCUT2D eigenvalue weighted by atomic mass is 10.1. The smallest absolute Gasteiger partial charge is 0.252 e. The van der Waals surface area contributed by atoms with Crippen LogP contribution in [0.1, 0.15) is 42.0 Å². The van der Waals surface area contributed by atoms with E-state index in [-0.39, 0.29) is 12.1 Å². The summed E-state index contributed by atoms with van der Waals surface area (Å²) < 4.78 is 5.36. The molecule has 0 spiro atoms. The van der Waals surface area contributed by atoms with Crippen molar-refractivity contribution in [2.75, 3.05) is 26.3 Å². The third kappa shape index (κ3) is 3.60. The zero-order chi connectivity index (χ0) is 17.1. The maximum Gasteiger partial charge on any atom is 0.252 e. The number of hydrogen-bond acceptors (Lipinski definition) is 4. The van der Waals surface area contributed by atoms with Crippen molar-refractivity contribution in [1.29, 1.82) is 0 Å². The van der Waals surface area contributed by atoms with Gasteiger partial charge in [0.2, 0.25) is 0 Å². The summed E-state index contributed by atoms with van der Waals surface area (Å²) in [5.74, 6) is 0.931. The second-order valence-corrected chi connectivity index (χ2v) is 6.42. The molecule has 2 heterocycles. The van der Waals surface area contributed by atoms with E-state index in [1.807, 2.05) is 26.0 Å². The van der Waals surface area contributed by atoms with Crippen LogP contribution in [0.2, 0.25) is 0 Å². The molecule has 1 fully saturated rings. The highest BCUT2D eigenvalue weighted by atomic mass is 16.5. The van der Waals surface area contributed by atoms with Gasteiger partial charge in [-0.15, -0.1) is 0 Å². The summed E-state index contributed by atoms with van der Waals surface area (Å²) in [6.07, 6.45) is 1.96. The van der Waals surface area contributed by atoms with E-state index in [2.05, 4.69) is 27.1 Å². The van der Waals surface area contributed by atoms with Gasteiger partial charge in [0.05, 0.1) is 30.4 Å². The van der Waals surface area contributed by atoms with Gasteiger partial charge in [0, 0.05) is 25.1 Å². The summed E-state index contributed by atoms with van der Waals surface area (Å²) in [4.78, 5) is 22.8. The number of carbonyl (C=O) groups excluding carboxylic acids is 1. The average molecular weight is 330 g/mol. The first-order valence-corrected chi connectivity index (χ1v) is 8.70. The van der Waals surface area contributed by atoms with E-state index in [1.54, 1.807) is 0 Å². The molecule has 0 saturated carbocycles. The Kier molecular flexibility index (Phi) is 5.16. The first-order chi connectivity index (χ1) is 11.6. The highest BCUT2D eigenvalue weighted by Gasteiger charge is 2.20. The number of aromatic nitrogens is 2. The molecule has 0 aliphatic carbocycles. The molecule has 24 heavy (non-hydrogen) atoms. The zero-order valence-corrected chi connectivity index (χ0v) is 14.7. The number of hydrogen-bond donors (Lipinski definition) is 2. The first kappa shape index (κ1) is 16.9. The van der Waals surface area contributed by atoms with E-state index in [4.69, 9.17) is 4.74 Å². The number of nitrogens with one attached hydrogen (secondary N) is 2. The zero-order valence-electron chi connectivity index (χ0n) is 14.7. The van der Waals surface area contributed by atoms with Crippen LogP contribution < -0.4 is 5.32 Å². The molecule has 0 bridgehead atoms. The van der Waals surface area contributed by atoms with E-state index in [0.29, 0.717) is 5.56 Å². The van der Waals surface area contributed by atoms with Crippen LogP contribution in [0.25, 0.3) is 11.0 Å². The van der Waals surface area contributed by atoms with Crippen molar-refractivity contribution in [2.24, 2.45) is 0 Å². The number of ether oxygens (including phenoxy) is 1. The van der Waals surface area contributed by atoms with Gasteiger partial charge in [-0.2, -0.15) is 0 Å². The number of aryl methyl sites for hydroxylation is 2. The first-order valence-electron chi connectivity index (χ1n) is 8.70. The number of benzene rings is 1. The van der Waals surface area contributed by atoms with Crippen LogP contribution in [-0.2, 0) is 11.2 Å². The normalized spacial score (nSPS) is 17.1. The van der Waals surface area contributed by atoms with Gasteiger partial charge in [-0.05, 0) is 38.0 Å². The Labute approximate surface area is 142 Å². The molecule has 3 rings (SSSR count). The summed E-state index contributed by atoms with van der Waals surface area (Å²) in [6, 6.07) is 3.82. The summed E-state index contributed by atoms with van der Waals surface area (Å²) in [7, 11) is 0. The van der Waals surface area contributed by atoms with Gasteiger partial charge in [0.15, 0.2) is 0 Å². The molecule has 2 N–H and O–H groups in total. The minimum atomic E-state index is -0.0503. The third-order valence-corrected chi connectivity index (χ3v) is 4.51. The molecule has 130 valence electrons. The molecule has 6 nitrogen and oxygen atoms in total. The van der Waals surface area contributed by atoms with Crippen LogP contribution in [-0.4, -0.2) is 53.2 Å². The molecule has 1 amide bonds. The minimum absolute atomic E-state index is 0.00479. The molecular formula is C18H26N4O2. The maximum absolute atomic E-state index is 12.6. The van der Waals surface area contributed by atoms with E-state index in [1.165, 1.54) is 0 Å². The number of rotatable bonds is 5. The predicted molar refractivity (Wildman–Crippen MR) is 94.1 cm³/mol. The van der Waals surface area contributed by atoms with E-state index < -0.39 is 0 Å². The second-order valence-electron chi connectivity index (χ2n) is 6.42. The fourth-order valence-corrected chi connectivity index (χ4v) is 3.16. The number of morpholine rings is 1. The van der Waals surface area contributed by atoms with Gasteiger partial charge in [0.1, 0.15) is 5.82 Å². The van der Waals surface area contributed by atoms with Crippen molar-refractivity contribution >= 4 is 16.9 Å². The summed E-state index contributed by atoms with van der Waals surface area (Å²) in [6.45, 7) is 9.29. The Bertz CT molecular complexity index is 719. The minimum Gasteiger partial charge on any atom is -0.379 e. The molecular weight excluding hydrogens is 304 g/mol. The summed E-state index contributed by atoms with van der Waals surface area (Å²) >= 11 is 0. The Morgan fingerprint density at radius 2 is 2.17 bits per heavy atom. The Morgan fingerprint density at radius 3 is 2.88 bits per heavy atom. The lowest BCUT2D eigenvalue weighted by Crippen LogP contribution is -2.50. The maximum atomic E-state index is 12.6. The molecule has 1 aromatic carbocycles. The van der Waals surface area contributed by atoms with Gasteiger partial charge in [-0.1, -0.05) is 6.92 Å². The summed E-state index contributed by atoms with van der Waals surface area (Å²) in [5, 5.41) is 3.09. The van der Waals surface area contributed by atoms with Crippen molar-refractivity contribution in [2.45, 2.75) is 39.8 Å². The average Bonchev–Trinajstić information content (AvgIpc) is 2.99. The quantitative estimate of drug-likeness (QED) is 0.882. The van der Waals surface area contributed by atoms with Crippen LogP contribution in [0.3, 0.4) is 0 Å². The largest absolute Gasteiger partial charge is 0.379 e. The SMILES string of the molecule is CCCc1nc2c(C)cc(C(=O)NC(C)N3CCOCC3)cc2[nH]1. The van der Waals surface area contributed by atoms with Crippen LogP contribution in [0, 0.1) is 6.92 Å². The Balaban J connectivity index is 1.76. The van der Waals surface area contributed by atoms with Gasteiger partial charge >= 0.3 is 0 Å². The van der Waals surface area contributed by atoms with E-state index >= 15 is 0 Å². The van der Waals surface area contributed by atoms with Crippen LogP contribution in [0.4, 0.5) is 0 Å². The molecule has 0 radical (unpaired) electrons. The van der Waals surface area contributed by atoms with Crippen molar-refractivity contribution in [3.63, 3.8) is 0 Å². The number of H-pyrrole nitrogens is 1. The topological polar surface area (TPSA) is 70.2 Å². The number of amides is 1. The van der Waals surface area contributed by atoms with E-state index in [0.717, 1.165) is 61.6 Å². The lowest BCUT2D eigenvalue weighted by molar-refractivity contribution is 0.0133. The molecule has 6 heteroatoms. The number of carbonyl (C=O) groups is 1. The molecule has 1 aliphatic rings. The van der Waals surface area contributed by atoms with Crippen molar-refractivity contribution in [1.82, 2.24) is 20.2 Å². The van der Waals surface area contributed by atoms with Crippen LogP contribution >= 0.6 is 0 Å². The van der Waals surface area contributed by atoms with Crippen molar-refractivity contribution in [3.8, 4) is 0 Å². The molecule has 1 atom stereocenters. The van der Waals surface area contributed by atoms with E-state index in [9.17, 15) is 4.79 Å². The number of nitrogens with zero attached hydrogens (tertiary/aromatic N) is 2. The third-order valence-electron chi connectivity index (χ3n) is 4.51. The number of fused-ring (bicyclic) bond motifs is 1. The standard InChI is InChI=1S/C18H26N4O2/c1-4-5-16-20-15-11-14(10-12(2)17(15)21-16)18(23)19-13(3)22-6-8-24-9-7-22/h10-11,13H,4-9H2,1-3H3,(H,19,23)(H,20,21). The van der Waals surface area contributed by atoms with Gasteiger partial charge in [0.25, 0.3) is 5.91 Å². The molecule has 1 saturated heterocycles. The van der Waals surface area contributed by atoms with Crippen LogP contribution in [0.15, 0.2) is 12.1 Å². The predicted octanol–water partition coefficient (Wildman–Crippen LogP) is 2.23. The Morgan fingerprint density at radius 1 is 1.42 bits per heavy atom. The molecule has 1 aromatic heterocycles. The molecule has 2 aromatic rings. The monoisotopic (exact) mass is 330 g/mol. The van der Waals surface area contributed by atoms with Gasteiger partial charge < -0.3 is 15.0 Å². The lowest BCUT2D eigenvalue weighted by Gasteiger charge is -2.32. The number of aromatic amines is 1. The fraction of sp³-hybridized carbons (Fsp3) is 0.556. The Hall–Kier alpha value is -1.92.